The smallest absolute Gasteiger partial charge is 0.224 e. The molecule has 2 N–H and O–H groups in total. The Morgan fingerprint density at radius 2 is 2.10 bits per heavy atom. The Morgan fingerprint density at radius 1 is 1.33 bits per heavy atom. The van der Waals surface area contributed by atoms with Gasteiger partial charge in [-0.2, -0.15) is 0 Å². The van der Waals surface area contributed by atoms with Gasteiger partial charge in [0.05, 0.1) is 12.3 Å². The van der Waals surface area contributed by atoms with Crippen LogP contribution in [0.3, 0.4) is 0 Å². The maximum absolute atomic E-state index is 12.0. The molecule has 1 aromatic rings. The van der Waals surface area contributed by atoms with Gasteiger partial charge < -0.3 is 15.4 Å². The molecule has 4 heteroatoms. The van der Waals surface area contributed by atoms with Crippen LogP contribution in [0.15, 0.2) is 18.2 Å². The van der Waals surface area contributed by atoms with Gasteiger partial charge in [-0.25, -0.2) is 0 Å². The predicted molar refractivity (Wildman–Crippen MR) is 88.0 cm³/mol. The first-order valence-corrected chi connectivity index (χ1v) is 7.79. The Bertz CT molecular complexity index is 444. The molecule has 0 bridgehead atoms. The van der Waals surface area contributed by atoms with Gasteiger partial charge in [0.25, 0.3) is 0 Å². The first-order chi connectivity index (χ1) is 10.0. The van der Waals surface area contributed by atoms with Crippen molar-refractivity contribution >= 4 is 11.6 Å². The zero-order chi connectivity index (χ0) is 15.7. The van der Waals surface area contributed by atoms with Crippen LogP contribution >= 0.6 is 0 Å². The Labute approximate surface area is 128 Å². The van der Waals surface area contributed by atoms with Crippen LogP contribution in [0.2, 0.25) is 0 Å². The highest BCUT2D eigenvalue weighted by Gasteiger charge is 2.08. The largest absolute Gasteiger partial charge is 0.491 e. The van der Waals surface area contributed by atoms with Gasteiger partial charge in [-0.1, -0.05) is 26.8 Å². The normalized spacial score (nSPS) is 10.7. The third kappa shape index (κ3) is 7.14. The number of carbonyl (C=O) groups excluding carboxylic acids is 1. The molecule has 1 amide bonds. The number of nitrogens with one attached hydrogen (secondary N) is 2. The van der Waals surface area contributed by atoms with Gasteiger partial charge in [0, 0.05) is 12.5 Å². The van der Waals surface area contributed by atoms with Crippen LogP contribution in [0.25, 0.3) is 0 Å². The molecular formula is C17H28N2O2. The van der Waals surface area contributed by atoms with E-state index in [0.29, 0.717) is 19.1 Å². The standard InChI is InChI=1S/C17H28N2O2/c1-5-11-21-16-12-14(4)8-9-15(16)19-17(20)7-6-10-18-13(2)3/h8-9,12-13,18H,5-7,10-11H2,1-4H3,(H,19,20). The molecule has 1 aromatic carbocycles. The summed E-state index contributed by atoms with van der Waals surface area (Å²) in [5.41, 5.74) is 1.89. The summed E-state index contributed by atoms with van der Waals surface area (Å²) in [5.74, 6) is 0.788. The molecule has 0 heterocycles. The van der Waals surface area contributed by atoms with Crippen molar-refractivity contribution in [1.29, 1.82) is 0 Å². The van der Waals surface area contributed by atoms with Gasteiger partial charge in [-0.05, 0) is 44.0 Å². The number of hydrogen-bond donors (Lipinski definition) is 2. The fourth-order valence-electron chi connectivity index (χ4n) is 1.92. The van der Waals surface area contributed by atoms with Crippen LogP contribution in [0, 0.1) is 6.92 Å². The summed E-state index contributed by atoms with van der Waals surface area (Å²) < 4.78 is 5.70. The predicted octanol–water partition coefficient (Wildman–Crippen LogP) is 3.50. The lowest BCUT2D eigenvalue weighted by Crippen LogP contribution is -2.24. The number of hydrogen-bond acceptors (Lipinski definition) is 3. The fourth-order valence-corrected chi connectivity index (χ4v) is 1.92. The maximum Gasteiger partial charge on any atom is 0.224 e. The molecule has 0 atom stereocenters. The van der Waals surface area contributed by atoms with Gasteiger partial charge in [-0.3, -0.25) is 4.79 Å². The van der Waals surface area contributed by atoms with E-state index < -0.39 is 0 Å². The van der Waals surface area contributed by atoms with Gasteiger partial charge in [0.15, 0.2) is 0 Å². The van der Waals surface area contributed by atoms with Crippen LogP contribution in [0.4, 0.5) is 5.69 Å². The lowest BCUT2D eigenvalue weighted by atomic mass is 10.2. The fraction of sp³-hybridized carbons (Fsp3) is 0.588. The van der Waals surface area contributed by atoms with Gasteiger partial charge in [0.2, 0.25) is 5.91 Å². The molecular weight excluding hydrogens is 264 g/mol. The number of rotatable bonds is 9. The van der Waals surface area contributed by atoms with Gasteiger partial charge in [-0.15, -0.1) is 0 Å². The number of amides is 1. The van der Waals surface area contributed by atoms with Crippen LogP contribution in [0.1, 0.15) is 45.6 Å². The average molecular weight is 292 g/mol. The van der Waals surface area contributed by atoms with E-state index >= 15 is 0 Å². The molecule has 0 fully saturated rings. The molecule has 0 radical (unpaired) electrons. The molecule has 0 spiro atoms. The van der Waals surface area contributed by atoms with E-state index in [9.17, 15) is 4.79 Å². The number of ether oxygens (including phenoxy) is 1. The van der Waals surface area contributed by atoms with Crippen molar-refractivity contribution in [3.05, 3.63) is 23.8 Å². The van der Waals surface area contributed by atoms with Crippen molar-refractivity contribution < 1.29 is 9.53 Å². The van der Waals surface area contributed by atoms with Crippen molar-refractivity contribution in [3.63, 3.8) is 0 Å². The number of anilines is 1. The second-order valence-electron chi connectivity index (χ2n) is 5.61. The molecule has 0 aliphatic heterocycles. The van der Waals surface area contributed by atoms with Crippen LogP contribution in [0.5, 0.6) is 5.75 Å². The molecule has 0 saturated carbocycles. The van der Waals surface area contributed by atoms with E-state index in [4.69, 9.17) is 4.74 Å². The summed E-state index contributed by atoms with van der Waals surface area (Å²) in [6, 6.07) is 6.31. The van der Waals surface area contributed by atoms with Gasteiger partial charge >= 0.3 is 0 Å². The zero-order valence-electron chi connectivity index (χ0n) is 13.7. The van der Waals surface area contributed by atoms with Gasteiger partial charge in [0.1, 0.15) is 5.75 Å². The summed E-state index contributed by atoms with van der Waals surface area (Å²) in [6.07, 6.45) is 2.30. The molecule has 0 saturated heterocycles. The second-order valence-corrected chi connectivity index (χ2v) is 5.61. The second kappa shape index (κ2) is 9.40. The minimum atomic E-state index is 0.0331. The topological polar surface area (TPSA) is 50.4 Å². The minimum Gasteiger partial charge on any atom is -0.491 e. The Balaban J connectivity index is 2.50. The minimum absolute atomic E-state index is 0.0331. The molecule has 0 aromatic heterocycles. The Hall–Kier alpha value is -1.55. The monoisotopic (exact) mass is 292 g/mol. The van der Waals surface area contributed by atoms with Crippen LogP contribution in [-0.2, 0) is 4.79 Å². The molecule has 4 nitrogen and oxygen atoms in total. The lowest BCUT2D eigenvalue weighted by Gasteiger charge is -2.13. The molecule has 21 heavy (non-hydrogen) atoms. The van der Waals surface area contributed by atoms with E-state index in [1.54, 1.807) is 0 Å². The number of carbonyl (C=O) groups is 1. The first-order valence-electron chi connectivity index (χ1n) is 7.79. The van der Waals surface area contributed by atoms with E-state index in [0.717, 1.165) is 36.4 Å². The summed E-state index contributed by atoms with van der Waals surface area (Å²) in [7, 11) is 0. The Kier molecular flexibility index (Phi) is 7.83. The first kappa shape index (κ1) is 17.5. The van der Waals surface area contributed by atoms with E-state index in [1.807, 2.05) is 25.1 Å². The summed E-state index contributed by atoms with van der Waals surface area (Å²) >= 11 is 0. The number of aryl methyl sites for hydroxylation is 1. The van der Waals surface area contributed by atoms with Crippen LogP contribution in [-0.4, -0.2) is 25.1 Å². The third-order valence-electron chi connectivity index (χ3n) is 3.01. The quantitative estimate of drug-likeness (QED) is 0.685. The summed E-state index contributed by atoms with van der Waals surface area (Å²) in [4.78, 5) is 12.0. The highest BCUT2D eigenvalue weighted by atomic mass is 16.5. The third-order valence-corrected chi connectivity index (χ3v) is 3.01. The molecule has 0 unspecified atom stereocenters. The highest BCUT2D eigenvalue weighted by Crippen LogP contribution is 2.26. The highest BCUT2D eigenvalue weighted by molar-refractivity contribution is 5.92. The number of benzene rings is 1. The van der Waals surface area contributed by atoms with E-state index in [1.165, 1.54) is 0 Å². The Morgan fingerprint density at radius 3 is 2.76 bits per heavy atom. The average Bonchev–Trinajstić information content (AvgIpc) is 2.43. The zero-order valence-corrected chi connectivity index (χ0v) is 13.7. The van der Waals surface area contributed by atoms with Crippen molar-refractivity contribution in [3.8, 4) is 5.75 Å². The lowest BCUT2D eigenvalue weighted by molar-refractivity contribution is -0.116. The van der Waals surface area contributed by atoms with E-state index in [2.05, 4.69) is 31.4 Å². The van der Waals surface area contributed by atoms with Crippen molar-refractivity contribution in [2.75, 3.05) is 18.5 Å². The maximum atomic E-state index is 12.0. The molecule has 118 valence electrons. The molecule has 0 aliphatic carbocycles. The van der Waals surface area contributed by atoms with Crippen molar-refractivity contribution in [1.82, 2.24) is 5.32 Å². The van der Waals surface area contributed by atoms with Crippen molar-refractivity contribution in [2.45, 2.75) is 53.0 Å². The molecule has 0 aliphatic rings. The molecule has 1 rings (SSSR count). The SMILES string of the molecule is CCCOc1cc(C)ccc1NC(=O)CCCNC(C)C. The van der Waals surface area contributed by atoms with Crippen LogP contribution < -0.4 is 15.4 Å². The van der Waals surface area contributed by atoms with Crippen molar-refractivity contribution in [2.24, 2.45) is 0 Å². The summed E-state index contributed by atoms with van der Waals surface area (Å²) in [5, 5.41) is 6.25. The summed E-state index contributed by atoms with van der Waals surface area (Å²) in [6.45, 7) is 9.80. The van der Waals surface area contributed by atoms with E-state index in [-0.39, 0.29) is 5.91 Å².